The van der Waals surface area contributed by atoms with Crippen molar-refractivity contribution in [2.24, 2.45) is 0 Å². The summed E-state index contributed by atoms with van der Waals surface area (Å²) in [7, 11) is 0. The zero-order valence-corrected chi connectivity index (χ0v) is 11.5. The summed E-state index contributed by atoms with van der Waals surface area (Å²) in [5.74, 6) is 0. The molecule has 1 aliphatic rings. The molecule has 1 aromatic rings. The minimum absolute atomic E-state index is 0.268. The summed E-state index contributed by atoms with van der Waals surface area (Å²) in [6, 6.07) is 9.12. The van der Waals surface area contributed by atoms with Crippen molar-refractivity contribution < 1.29 is 13.2 Å². The number of likely N-dealkylation sites (tertiary alicyclic amines) is 1. The average Bonchev–Trinajstić information content (AvgIpc) is 2.44. The molecule has 0 radical (unpaired) electrons. The fourth-order valence-corrected chi connectivity index (χ4v) is 2.61. The van der Waals surface area contributed by atoms with Gasteiger partial charge in [-0.05, 0) is 31.5 Å². The van der Waals surface area contributed by atoms with Crippen molar-refractivity contribution in [3.8, 4) is 0 Å². The molecule has 0 saturated carbocycles. The molecule has 0 amide bonds. The summed E-state index contributed by atoms with van der Waals surface area (Å²) >= 11 is 0. The molecule has 1 fully saturated rings. The van der Waals surface area contributed by atoms with Gasteiger partial charge >= 0.3 is 6.18 Å². The standard InChI is InChI=1S/C15H21F3N2/c16-15(17,18)12-19-14(13-7-3-1-4-8-13)11-20-9-5-2-6-10-20/h1,3-4,7-8,14,19H,2,5-6,9-12H2. The summed E-state index contributed by atoms with van der Waals surface area (Å²) in [6.45, 7) is 1.66. The minimum Gasteiger partial charge on any atom is -0.301 e. The van der Waals surface area contributed by atoms with E-state index in [1.165, 1.54) is 6.42 Å². The molecule has 20 heavy (non-hydrogen) atoms. The summed E-state index contributed by atoms with van der Waals surface area (Å²) in [4.78, 5) is 2.25. The van der Waals surface area contributed by atoms with Crippen molar-refractivity contribution in [2.75, 3.05) is 26.2 Å². The molecule has 0 aromatic heterocycles. The number of alkyl halides is 3. The maximum atomic E-state index is 12.4. The van der Waals surface area contributed by atoms with Crippen molar-refractivity contribution in [1.29, 1.82) is 0 Å². The van der Waals surface area contributed by atoms with Gasteiger partial charge in [-0.1, -0.05) is 36.8 Å². The number of halogens is 3. The topological polar surface area (TPSA) is 15.3 Å². The van der Waals surface area contributed by atoms with Crippen LogP contribution in [0.4, 0.5) is 13.2 Å². The lowest BCUT2D eigenvalue weighted by molar-refractivity contribution is -0.126. The van der Waals surface area contributed by atoms with Gasteiger partial charge in [-0.2, -0.15) is 13.2 Å². The number of piperidine rings is 1. The van der Waals surface area contributed by atoms with E-state index in [9.17, 15) is 13.2 Å². The maximum Gasteiger partial charge on any atom is 0.401 e. The Kier molecular flexibility index (Phi) is 5.43. The Morgan fingerprint density at radius 1 is 1.05 bits per heavy atom. The molecule has 1 atom stereocenters. The largest absolute Gasteiger partial charge is 0.401 e. The van der Waals surface area contributed by atoms with Crippen molar-refractivity contribution in [3.05, 3.63) is 35.9 Å². The zero-order valence-electron chi connectivity index (χ0n) is 11.5. The first-order chi connectivity index (χ1) is 9.54. The van der Waals surface area contributed by atoms with Crippen LogP contribution in [0, 0.1) is 0 Å². The molecule has 1 unspecified atom stereocenters. The minimum atomic E-state index is -4.17. The lowest BCUT2D eigenvalue weighted by Crippen LogP contribution is -2.41. The van der Waals surface area contributed by atoms with Gasteiger partial charge in [0, 0.05) is 12.6 Å². The van der Waals surface area contributed by atoms with Crippen LogP contribution >= 0.6 is 0 Å². The Morgan fingerprint density at radius 3 is 2.30 bits per heavy atom. The van der Waals surface area contributed by atoms with E-state index in [4.69, 9.17) is 0 Å². The molecule has 5 heteroatoms. The third kappa shape index (κ3) is 5.13. The van der Waals surface area contributed by atoms with Gasteiger partial charge in [-0.25, -0.2) is 0 Å². The quantitative estimate of drug-likeness (QED) is 0.893. The van der Waals surface area contributed by atoms with E-state index in [1.54, 1.807) is 0 Å². The summed E-state index contributed by atoms with van der Waals surface area (Å²) in [5, 5.41) is 2.66. The number of rotatable bonds is 5. The van der Waals surface area contributed by atoms with E-state index in [-0.39, 0.29) is 6.04 Å². The van der Waals surface area contributed by atoms with E-state index >= 15 is 0 Å². The van der Waals surface area contributed by atoms with Crippen molar-refractivity contribution >= 4 is 0 Å². The van der Waals surface area contributed by atoms with Gasteiger partial charge in [0.2, 0.25) is 0 Å². The van der Waals surface area contributed by atoms with E-state index in [0.717, 1.165) is 31.5 Å². The van der Waals surface area contributed by atoms with E-state index < -0.39 is 12.7 Å². The highest BCUT2D eigenvalue weighted by atomic mass is 19.4. The highest BCUT2D eigenvalue weighted by Crippen LogP contribution is 2.20. The molecule has 1 heterocycles. The number of nitrogens with one attached hydrogen (secondary N) is 1. The number of nitrogens with zero attached hydrogens (tertiary/aromatic N) is 1. The summed E-state index contributed by atoms with van der Waals surface area (Å²) in [5.41, 5.74) is 0.919. The van der Waals surface area contributed by atoms with Gasteiger partial charge in [0.1, 0.15) is 0 Å². The number of hydrogen-bond acceptors (Lipinski definition) is 2. The number of hydrogen-bond donors (Lipinski definition) is 1. The molecule has 112 valence electrons. The lowest BCUT2D eigenvalue weighted by atomic mass is 10.0. The summed E-state index contributed by atoms with van der Waals surface area (Å²) < 4.78 is 37.3. The van der Waals surface area contributed by atoms with Crippen LogP contribution in [0.3, 0.4) is 0 Å². The van der Waals surface area contributed by atoms with E-state index in [1.807, 2.05) is 30.3 Å². The summed E-state index contributed by atoms with van der Waals surface area (Å²) in [6.07, 6.45) is -0.668. The Bertz CT molecular complexity index is 386. The highest BCUT2D eigenvalue weighted by Gasteiger charge is 2.29. The van der Waals surface area contributed by atoms with Crippen LogP contribution < -0.4 is 5.32 Å². The van der Waals surface area contributed by atoms with Crippen LogP contribution in [-0.4, -0.2) is 37.3 Å². The van der Waals surface area contributed by atoms with Gasteiger partial charge in [0.05, 0.1) is 6.54 Å². The smallest absolute Gasteiger partial charge is 0.301 e. The van der Waals surface area contributed by atoms with E-state index in [2.05, 4.69) is 10.2 Å². The van der Waals surface area contributed by atoms with Crippen LogP contribution in [0.5, 0.6) is 0 Å². The molecule has 0 aliphatic carbocycles. The van der Waals surface area contributed by atoms with Gasteiger partial charge in [0.25, 0.3) is 0 Å². The fraction of sp³-hybridized carbons (Fsp3) is 0.600. The Labute approximate surface area is 118 Å². The Morgan fingerprint density at radius 2 is 1.70 bits per heavy atom. The zero-order chi connectivity index (χ0) is 14.4. The third-order valence-electron chi connectivity index (χ3n) is 3.64. The monoisotopic (exact) mass is 286 g/mol. The predicted octanol–water partition coefficient (Wildman–Crippen LogP) is 3.37. The number of benzene rings is 1. The van der Waals surface area contributed by atoms with Crippen LogP contribution in [0.1, 0.15) is 30.9 Å². The second-order valence-corrected chi connectivity index (χ2v) is 5.32. The van der Waals surface area contributed by atoms with Crippen LogP contribution in [0.25, 0.3) is 0 Å². The predicted molar refractivity (Wildman–Crippen MR) is 73.5 cm³/mol. The first-order valence-corrected chi connectivity index (χ1v) is 7.12. The molecule has 0 bridgehead atoms. The Hall–Kier alpha value is -1.07. The SMILES string of the molecule is FC(F)(F)CNC(CN1CCCCC1)c1ccccc1. The first-order valence-electron chi connectivity index (χ1n) is 7.12. The second kappa shape index (κ2) is 7.09. The van der Waals surface area contributed by atoms with Gasteiger partial charge < -0.3 is 10.2 Å². The molecule has 0 spiro atoms. The molecule has 1 aliphatic heterocycles. The van der Waals surface area contributed by atoms with Crippen LogP contribution in [0.2, 0.25) is 0 Å². The van der Waals surface area contributed by atoms with Crippen molar-refractivity contribution in [2.45, 2.75) is 31.5 Å². The van der Waals surface area contributed by atoms with E-state index in [0.29, 0.717) is 6.54 Å². The van der Waals surface area contributed by atoms with Gasteiger partial charge in [0.15, 0.2) is 0 Å². The van der Waals surface area contributed by atoms with Crippen molar-refractivity contribution in [3.63, 3.8) is 0 Å². The second-order valence-electron chi connectivity index (χ2n) is 5.32. The maximum absolute atomic E-state index is 12.4. The van der Waals surface area contributed by atoms with Crippen LogP contribution in [-0.2, 0) is 0 Å². The molecule has 1 N–H and O–H groups in total. The normalized spacial score (nSPS) is 18.9. The molecular formula is C15H21F3N2. The average molecular weight is 286 g/mol. The molecule has 2 nitrogen and oxygen atoms in total. The van der Waals surface area contributed by atoms with Crippen LogP contribution in [0.15, 0.2) is 30.3 Å². The highest BCUT2D eigenvalue weighted by molar-refractivity contribution is 5.19. The lowest BCUT2D eigenvalue weighted by Gasteiger charge is -2.31. The molecule has 1 saturated heterocycles. The first kappa shape index (κ1) is 15.3. The van der Waals surface area contributed by atoms with Crippen molar-refractivity contribution in [1.82, 2.24) is 10.2 Å². The molecule has 2 rings (SSSR count). The molecular weight excluding hydrogens is 265 g/mol. The fourth-order valence-electron chi connectivity index (χ4n) is 2.61. The van der Waals surface area contributed by atoms with Gasteiger partial charge in [-0.15, -0.1) is 0 Å². The Balaban J connectivity index is 1.99. The third-order valence-corrected chi connectivity index (χ3v) is 3.64. The molecule has 1 aromatic carbocycles. The van der Waals surface area contributed by atoms with Gasteiger partial charge in [-0.3, -0.25) is 0 Å².